The molecule has 3 aromatic carbocycles. The van der Waals surface area contributed by atoms with Crippen LogP contribution in [0, 0.1) is 6.92 Å². The Labute approximate surface area is 182 Å². The second-order valence-corrected chi connectivity index (χ2v) is 9.18. The Kier molecular flexibility index (Phi) is 6.46. The molecule has 0 aliphatic carbocycles. The van der Waals surface area contributed by atoms with Crippen molar-refractivity contribution in [1.29, 1.82) is 0 Å². The molecule has 0 spiro atoms. The Balaban J connectivity index is 1.77. The van der Waals surface area contributed by atoms with E-state index in [1.54, 1.807) is 36.4 Å². The zero-order chi connectivity index (χ0) is 21.0. The van der Waals surface area contributed by atoms with Crippen LogP contribution in [-0.4, -0.2) is 14.3 Å². The summed E-state index contributed by atoms with van der Waals surface area (Å²) < 4.78 is 28.7. The molecule has 0 bridgehead atoms. The monoisotopic (exact) mass is 493 g/mol. The normalized spacial score (nSPS) is 11.0. The fraction of sp³-hybridized carbons (Fsp3) is 0.0500. The Morgan fingerprint density at radius 1 is 1.00 bits per heavy atom. The predicted molar refractivity (Wildman–Crippen MR) is 119 cm³/mol. The van der Waals surface area contributed by atoms with E-state index >= 15 is 0 Å². The number of carbonyl (C=O) groups is 1. The average Bonchev–Trinajstić information content (AvgIpc) is 2.69. The Morgan fingerprint density at radius 2 is 1.76 bits per heavy atom. The molecule has 0 heterocycles. The number of halogens is 2. The van der Waals surface area contributed by atoms with E-state index < -0.39 is 15.9 Å². The summed E-state index contributed by atoms with van der Waals surface area (Å²) >= 11 is 9.24. The number of rotatable bonds is 6. The number of sulfonamides is 1. The molecule has 9 heteroatoms. The van der Waals surface area contributed by atoms with Crippen LogP contribution in [0.5, 0.6) is 0 Å². The summed E-state index contributed by atoms with van der Waals surface area (Å²) in [5.74, 6) is -0.487. The van der Waals surface area contributed by atoms with E-state index in [1.807, 2.05) is 13.0 Å². The molecule has 0 atom stereocenters. The number of hydrogen-bond acceptors (Lipinski definition) is 4. The van der Waals surface area contributed by atoms with Crippen molar-refractivity contribution in [3.05, 3.63) is 87.4 Å². The van der Waals surface area contributed by atoms with Crippen molar-refractivity contribution in [1.82, 2.24) is 5.43 Å². The van der Waals surface area contributed by atoms with Gasteiger partial charge in [-0.25, -0.2) is 8.42 Å². The van der Waals surface area contributed by atoms with Gasteiger partial charge in [0.05, 0.1) is 16.3 Å². The topological polar surface area (TPSA) is 87.3 Å². The zero-order valence-corrected chi connectivity index (χ0v) is 18.4. The van der Waals surface area contributed by atoms with Gasteiger partial charge in [-0.05, 0) is 76.9 Å². The minimum absolute atomic E-state index is 0.0266. The number of carbonyl (C=O) groups excluding carboxylic acids is 1. The molecule has 0 aromatic heterocycles. The summed E-state index contributed by atoms with van der Waals surface area (Å²) in [5, 5.41) is 0.519. The van der Waals surface area contributed by atoms with Gasteiger partial charge in [-0.1, -0.05) is 29.8 Å². The van der Waals surface area contributed by atoms with Crippen LogP contribution in [0.1, 0.15) is 15.9 Å². The maximum atomic E-state index is 12.8. The molecule has 29 heavy (non-hydrogen) atoms. The van der Waals surface area contributed by atoms with Crippen molar-refractivity contribution in [2.45, 2.75) is 11.8 Å². The van der Waals surface area contributed by atoms with Crippen LogP contribution in [-0.2, 0) is 10.0 Å². The molecule has 0 aliphatic heterocycles. The highest BCUT2D eigenvalue weighted by atomic mass is 79.9. The zero-order valence-electron chi connectivity index (χ0n) is 15.2. The molecule has 0 fully saturated rings. The first-order valence-corrected chi connectivity index (χ1v) is 11.1. The molecule has 0 saturated carbocycles. The second kappa shape index (κ2) is 8.86. The number of hydrogen-bond donors (Lipinski definition) is 3. The van der Waals surface area contributed by atoms with E-state index in [0.717, 1.165) is 5.56 Å². The molecule has 3 rings (SSSR count). The van der Waals surface area contributed by atoms with E-state index in [1.165, 1.54) is 24.3 Å². The number of nitrogens with one attached hydrogen (secondary N) is 3. The smallest absolute Gasteiger partial charge is 0.269 e. The first-order valence-electron chi connectivity index (χ1n) is 8.45. The summed E-state index contributed by atoms with van der Waals surface area (Å²) in [5.41, 5.74) is 7.37. The molecular weight excluding hydrogens is 478 g/mol. The summed E-state index contributed by atoms with van der Waals surface area (Å²) in [6, 6.07) is 17.9. The minimum atomic E-state index is -3.88. The maximum absolute atomic E-state index is 12.8. The molecule has 3 aromatic rings. The van der Waals surface area contributed by atoms with E-state index in [2.05, 4.69) is 31.5 Å². The predicted octanol–water partition coefficient (Wildman–Crippen LogP) is 4.97. The molecule has 0 unspecified atom stereocenters. The highest BCUT2D eigenvalue weighted by molar-refractivity contribution is 9.10. The van der Waals surface area contributed by atoms with Gasteiger partial charge in [0, 0.05) is 15.1 Å². The lowest BCUT2D eigenvalue weighted by atomic mass is 10.2. The highest BCUT2D eigenvalue weighted by Gasteiger charge is 2.18. The van der Waals surface area contributed by atoms with Gasteiger partial charge in [0.15, 0.2) is 0 Å². The summed E-state index contributed by atoms with van der Waals surface area (Å²) in [4.78, 5) is 12.4. The molecule has 0 radical (unpaired) electrons. The first kappa shape index (κ1) is 21.2. The van der Waals surface area contributed by atoms with E-state index in [9.17, 15) is 13.2 Å². The van der Waals surface area contributed by atoms with Gasteiger partial charge in [-0.15, -0.1) is 0 Å². The minimum Gasteiger partial charge on any atom is -0.298 e. The van der Waals surface area contributed by atoms with Crippen LogP contribution in [0.4, 0.5) is 11.4 Å². The Bertz CT molecular complexity index is 1170. The third kappa shape index (κ3) is 5.50. The Morgan fingerprint density at radius 3 is 2.52 bits per heavy atom. The molecule has 6 nitrogen and oxygen atoms in total. The summed E-state index contributed by atoms with van der Waals surface area (Å²) in [7, 11) is -3.88. The van der Waals surface area contributed by atoms with Gasteiger partial charge >= 0.3 is 0 Å². The lowest BCUT2D eigenvalue weighted by Gasteiger charge is -2.12. The fourth-order valence-electron chi connectivity index (χ4n) is 2.49. The molecule has 0 saturated heterocycles. The highest BCUT2D eigenvalue weighted by Crippen LogP contribution is 2.26. The van der Waals surface area contributed by atoms with Crippen molar-refractivity contribution in [2.24, 2.45) is 0 Å². The third-order valence-corrected chi connectivity index (χ3v) is 6.21. The number of amides is 1. The van der Waals surface area contributed by atoms with Crippen molar-refractivity contribution in [3.63, 3.8) is 0 Å². The van der Waals surface area contributed by atoms with Crippen molar-refractivity contribution in [2.75, 3.05) is 10.1 Å². The fourth-order valence-corrected chi connectivity index (χ4v) is 4.28. The van der Waals surface area contributed by atoms with Crippen LogP contribution in [0.2, 0.25) is 5.02 Å². The van der Waals surface area contributed by atoms with Crippen LogP contribution in [0.15, 0.2) is 76.1 Å². The number of benzene rings is 3. The summed E-state index contributed by atoms with van der Waals surface area (Å²) in [6.07, 6.45) is 0. The maximum Gasteiger partial charge on any atom is 0.269 e. The lowest BCUT2D eigenvalue weighted by Crippen LogP contribution is -2.29. The van der Waals surface area contributed by atoms with E-state index in [4.69, 9.17) is 11.6 Å². The largest absolute Gasteiger partial charge is 0.298 e. The van der Waals surface area contributed by atoms with Crippen molar-refractivity contribution in [3.8, 4) is 0 Å². The van der Waals surface area contributed by atoms with E-state index in [-0.39, 0.29) is 10.5 Å². The Hall–Kier alpha value is -2.55. The second-order valence-electron chi connectivity index (χ2n) is 6.21. The molecule has 150 valence electrons. The molecule has 3 N–H and O–H groups in total. The van der Waals surface area contributed by atoms with Crippen LogP contribution in [0.25, 0.3) is 0 Å². The first-order chi connectivity index (χ1) is 13.7. The standard InChI is InChI=1S/C20H17BrClN3O3S/c1-13-8-9-18(21)19(10-13)25-29(27,28)17-7-2-4-14(11-17)20(26)24-23-16-6-3-5-15(22)12-16/h2-12,23,25H,1H3,(H,24,26). The summed E-state index contributed by atoms with van der Waals surface area (Å²) in [6.45, 7) is 1.86. The van der Waals surface area contributed by atoms with Crippen LogP contribution in [0.3, 0.4) is 0 Å². The molecular formula is C20H17BrClN3O3S. The van der Waals surface area contributed by atoms with Crippen LogP contribution < -0.4 is 15.6 Å². The SMILES string of the molecule is Cc1ccc(Br)c(NS(=O)(=O)c2cccc(C(=O)NNc3cccc(Cl)c3)c2)c1. The number of anilines is 2. The lowest BCUT2D eigenvalue weighted by molar-refractivity contribution is 0.0962. The van der Waals surface area contributed by atoms with E-state index in [0.29, 0.717) is 20.9 Å². The third-order valence-electron chi connectivity index (χ3n) is 3.92. The van der Waals surface area contributed by atoms with Gasteiger partial charge in [-0.2, -0.15) is 0 Å². The average molecular weight is 495 g/mol. The van der Waals surface area contributed by atoms with Crippen LogP contribution >= 0.6 is 27.5 Å². The van der Waals surface area contributed by atoms with Gasteiger partial charge in [0.1, 0.15) is 0 Å². The molecule has 1 amide bonds. The van der Waals surface area contributed by atoms with Gasteiger partial charge in [0.25, 0.3) is 15.9 Å². The van der Waals surface area contributed by atoms with Gasteiger partial charge in [-0.3, -0.25) is 20.4 Å². The van der Waals surface area contributed by atoms with Crippen molar-refractivity contribution < 1.29 is 13.2 Å². The van der Waals surface area contributed by atoms with Crippen molar-refractivity contribution >= 4 is 54.8 Å². The van der Waals surface area contributed by atoms with Gasteiger partial charge in [0.2, 0.25) is 0 Å². The number of aryl methyl sites for hydroxylation is 1. The van der Waals surface area contributed by atoms with Gasteiger partial charge < -0.3 is 0 Å². The quantitative estimate of drug-likeness (QED) is 0.422. The number of hydrazine groups is 1. The molecule has 0 aliphatic rings.